The van der Waals surface area contributed by atoms with Gasteiger partial charge in [0.05, 0.1) is 12.2 Å². The van der Waals surface area contributed by atoms with Gasteiger partial charge in [-0.3, -0.25) is 4.89 Å². The Morgan fingerprint density at radius 1 is 1.10 bits per heavy atom. The van der Waals surface area contributed by atoms with Gasteiger partial charge in [-0.25, -0.2) is 4.79 Å². The fraction of sp³-hybridized carbons (Fsp3) is 0.500. The molecule has 0 heterocycles. The molecule has 0 amide bonds. The molecule has 1 aromatic rings. The summed E-state index contributed by atoms with van der Waals surface area (Å²) in [7, 11) is 0. The van der Waals surface area contributed by atoms with Crippen LogP contribution in [-0.2, 0) is 9.78 Å². The first kappa shape index (κ1) is 14.9. The predicted octanol–water partition coefficient (Wildman–Crippen LogP) is 4.06. The van der Waals surface area contributed by atoms with Crippen molar-refractivity contribution in [3.05, 3.63) is 35.9 Å². The maximum Gasteiger partial charge on any atom is 0.373 e. The molecule has 0 unspecified atom stereocenters. The Labute approximate surface area is 120 Å². The average Bonchev–Trinajstić information content (AvgIpc) is 2.52. The molecule has 20 heavy (non-hydrogen) atoms. The quantitative estimate of drug-likeness (QED) is 0.581. The van der Waals surface area contributed by atoms with Gasteiger partial charge in [-0.05, 0) is 43.5 Å². The Hall–Kier alpha value is -1.55. The Balaban J connectivity index is 1.79. The van der Waals surface area contributed by atoms with E-state index >= 15 is 0 Å². The van der Waals surface area contributed by atoms with E-state index in [0.717, 1.165) is 44.0 Å². The third kappa shape index (κ3) is 4.53. The molecule has 0 aliphatic heterocycles. The highest BCUT2D eigenvalue weighted by atomic mass is 17.2. The first-order valence-electron chi connectivity index (χ1n) is 7.26. The zero-order chi connectivity index (χ0) is 14.2. The molecule has 4 nitrogen and oxygen atoms in total. The third-order valence-electron chi connectivity index (χ3n) is 3.21. The lowest BCUT2D eigenvalue weighted by Gasteiger charge is -2.18. The van der Waals surface area contributed by atoms with E-state index in [0.29, 0.717) is 12.2 Å². The van der Waals surface area contributed by atoms with Gasteiger partial charge in [0, 0.05) is 0 Å². The molecule has 0 aromatic heterocycles. The van der Waals surface area contributed by atoms with Crippen LogP contribution < -0.4 is 4.74 Å². The van der Waals surface area contributed by atoms with Gasteiger partial charge in [0.2, 0.25) is 0 Å². The standard InChI is InChI=1S/C16H21O4/c1-2-12-18-14-10-8-13(9-11-14)16(17)20-19-15-6-4-3-5-7-15/h8-11H,2-7,12H2,1H3. The minimum atomic E-state index is -0.467. The Morgan fingerprint density at radius 3 is 2.45 bits per heavy atom. The fourth-order valence-corrected chi connectivity index (χ4v) is 2.08. The van der Waals surface area contributed by atoms with Crippen molar-refractivity contribution in [3.63, 3.8) is 0 Å². The predicted molar refractivity (Wildman–Crippen MR) is 75.1 cm³/mol. The maximum absolute atomic E-state index is 11.8. The molecule has 0 bridgehead atoms. The smallest absolute Gasteiger partial charge is 0.373 e. The van der Waals surface area contributed by atoms with Crippen LogP contribution in [0.15, 0.2) is 24.3 Å². The summed E-state index contributed by atoms with van der Waals surface area (Å²) >= 11 is 0. The molecular formula is C16H21O4. The Kier molecular flexibility index (Phi) is 5.87. The van der Waals surface area contributed by atoms with Gasteiger partial charge >= 0.3 is 5.97 Å². The summed E-state index contributed by atoms with van der Waals surface area (Å²) in [5.41, 5.74) is 0.463. The summed E-state index contributed by atoms with van der Waals surface area (Å²) in [4.78, 5) is 21.8. The Morgan fingerprint density at radius 2 is 1.80 bits per heavy atom. The molecule has 109 valence electrons. The van der Waals surface area contributed by atoms with Crippen LogP contribution in [0, 0.1) is 6.10 Å². The van der Waals surface area contributed by atoms with Crippen LogP contribution in [0.3, 0.4) is 0 Å². The van der Waals surface area contributed by atoms with Gasteiger partial charge in [0.1, 0.15) is 11.9 Å². The third-order valence-corrected chi connectivity index (χ3v) is 3.21. The van der Waals surface area contributed by atoms with Crippen LogP contribution in [0.2, 0.25) is 0 Å². The molecule has 1 aromatic carbocycles. The molecule has 1 radical (unpaired) electrons. The highest BCUT2D eigenvalue weighted by Crippen LogP contribution is 2.26. The minimum Gasteiger partial charge on any atom is -0.494 e. The highest BCUT2D eigenvalue weighted by molar-refractivity contribution is 5.89. The van der Waals surface area contributed by atoms with Crippen molar-refractivity contribution in [3.8, 4) is 5.75 Å². The van der Waals surface area contributed by atoms with E-state index in [1.54, 1.807) is 24.3 Å². The monoisotopic (exact) mass is 277 g/mol. The van der Waals surface area contributed by atoms with Crippen molar-refractivity contribution in [1.82, 2.24) is 0 Å². The van der Waals surface area contributed by atoms with Crippen molar-refractivity contribution in [1.29, 1.82) is 0 Å². The zero-order valence-electron chi connectivity index (χ0n) is 11.9. The van der Waals surface area contributed by atoms with Crippen molar-refractivity contribution in [2.45, 2.75) is 45.4 Å². The van der Waals surface area contributed by atoms with Gasteiger partial charge in [-0.2, -0.15) is 4.89 Å². The highest BCUT2D eigenvalue weighted by Gasteiger charge is 2.18. The number of benzene rings is 1. The van der Waals surface area contributed by atoms with Crippen molar-refractivity contribution in [2.75, 3.05) is 6.61 Å². The molecular weight excluding hydrogens is 256 g/mol. The van der Waals surface area contributed by atoms with Crippen molar-refractivity contribution < 1.29 is 19.3 Å². The molecule has 1 saturated carbocycles. The van der Waals surface area contributed by atoms with E-state index in [1.165, 1.54) is 6.42 Å². The first-order valence-corrected chi connectivity index (χ1v) is 7.26. The van der Waals surface area contributed by atoms with Gasteiger partial charge in [-0.15, -0.1) is 0 Å². The average molecular weight is 277 g/mol. The molecule has 1 aliphatic carbocycles. The molecule has 4 heteroatoms. The fourth-order valence-electron chi connectivity index (χ4n) is 2.08. The lowest BCUT2D eigenvalue weighted by molar-refractivity contribution is -0.239. The van der Waals surface area contributed by atoms with Gasteiger partial charge in [0.25, 0.3) is 0 Å². The first-order chi connectivity index (χ1) is 9.79. The summed E-state index contributed by atoms with van der Waals surface area (Å²) < 4.78 is 5.46. The number of hydrogen-bond donors (Lipinski definition) is 0. The van der Waals surface area contributed by atoms with Crippen molar-refractivity contribution >= 4 is 5.97 Å². The zero-order valence-corrected chi connectivity index (χ0v) is 11.9. The lowest BCUT2D eigenvalue weighted by atomic mass is 9.98. The van der Waals surface area contributed by atoms with E-state index in [-0.39, 0.29) is 0 Å². The summed E-state index contributed by atoms with van der Waals surface area (Å²) in [5.74, 6) is 0.288. The van der Waals surface area contributed by atoms with Crippen LogP contribution in [0.25, 0.3) is 0 Å². The van der Waals surface area contributed by atoms with E-state index in [2.05, 4.69) is 0 Å². The number of hydrogen-bond acceptors (Lipinski definition) is 4. The molecule has 0 atom stereocenters. The summed E-state index contributed by atoms with van der Waals surface area (Å²) in [6, 6.07) is 6.89. The summed E-state index contributed by atoms with van der Waals surface area (Å²) in [6.07, 6.45) is 7.03. The van der Waals surface area contributed by atoms with Gasteiger partial charge < -0.3 is 4.74 Å². The molecule has 2 rings (SSSR count). The van der Waals surface area contributed by atoms with Crippen LogP contribution in [0.1, 0.15) is 55.8 Å². The van der Waals surface area contributed by atoms with Crippen LogP contribution in [-0.4, -0.2) is 12.6 Å². The molecule has 1 aliphatic rings. The minimum absolute atomic E-state index is 0.463. The van der Waals surface area contributed by atoms with Gasteiger partial charge in [-0.1, -0.05) is 26.2 Å². The molecule has 0 spiro atoms. The van der Waals surface area contributed by atoms with Crippen LogP contribution >= 0.6 is 0 Å². The second-order valence-electron chi connectivity index (χ2n) is 4.93. The SMILES string of the molecule is CCCOc1ccc(C(=O)OO[C]2CCCCC2)cc1. The largest absolute Gasteiger partial charge is 0.494 e. The molecule has 0 N–H and O–H groups in total. The van der Waals surface area contributed by atoms with E-state index in [9.17, 15) is 4.79 Å². The van der Waals surface area contributed by atoms with E-state index in [1.807, 2.05) is 6.92 Å². The normalized spacial score (nSPS) is 15.8. The maximum atomic E-state index is 11.8. The molecule has 0 saturated heterocycles. The van der Waals surface area contributed by atoms with Crippen LogP contribution in [0.4, 0.5) is 0 Å². The Bertz CT molecular complexity index is 407. The lowest BCUT2D eigenvalue weighted by Crippen LogP contribution is -2.13. The summed E-state index contributed by atoms with van der Waals surface area (Å²) in [6.45, 7) is 2.72. The van der Waals surface area contributed by atoms with Gasteiger partial charge in [0.15, 0.2) is 0 Å². The van der Waals surface area contributed by atoms with Crippen molar-refractivity contribution in [2.24, 2.45) is 0 Å². The number of carbonyl (C=O) groups excluding carboxylic acids is 1. The second-order valence-corrected chi connectivity index (χ2v) is 4.93. The number of ether oxygens (including phenoxy) is 1. The number of rotatable bonds is 6. The second kappa shape index (κ2) is 7.90. The topological polar surface area (TPSA) is 44.8 Å². The van der Waals surface area contributed by atoms with E-state index in [4.69, 9.17) is 14.5 Å². The number of carbonyl (C=O) groups is 1. The summed E-state index contributed by atoms with van der Waals surface area (Å²) in [5, 5.41) is 0. The molecule has 1 fully saturated rings. The van der Waals surface area contributed by atoms with Crippen LogP contribution in [0.5, 0.6) is 5.75 Å². The van der Waals surface area contributed by atoms with E-state index < -0.39 is 5.97 Å².